The molecule has 9 heteroatoms. The van der Waals surface area contributed by atoms with E-state index < -0.39 is 45.8 Å². The highest BCUT2D eigenvalue weighted by Gasteiger charge is 2.50. The van der Waals surface area contributed by atoms with E-state index in [9.17, 15) is 24.9 Å². The molecule has 0 aliphatic heterocycles. The Hall–Kier alpha value is -0.583. The molecule has 0 aromatic carbocycles. The van der Waals surface area contributed by atoms with Crippen molar-refractivity contribution in [3.05, 3.63) is 0 Å². The molecule has 6 N–H and O–H groups in total. The van der Waals surface area contributed by atoms with E-state index in [1.807, 2.05) is 0 Å². The second kappa shape index (κ2) is 4.51. The molecule has 0 radical (unpaired) electrons. The summed E-state index contributed by atoms with van der Waals surface area (Å²) in [6.45, 7) is 0. The van der Waals surface area contributed by atoms with Gasteiger partial charge in [0, 0.05) is 0 Å². The molecule has 0 bridgehead atoms. The Bertz CT molecular complexity index is 231. The first kappa shape index (κ1) is 12.5. The van der Waals surface area contributed by atoms with Crippen molar-refractivity contribution in [2.45, 2.75) is 36.6 Å². The Morgan fingerprint density at radius 1 is 0.800 bits per heavy atom. The molecule has 88 valence electrons. The summed E-state index contributed by atoms with van der Waals surface area (Å²) in [6, 6.07) is 0. The summed E-state index contributed by atoms with van der Waals surface area (Å²) >= 11 is 0. The number of rotatable bonds is 2. The van der Waals surface area contributed by atoms with E-state index in [4.69, 9.17) is 9.90 Å². The van der Waals surface area contributed by atoms with E-state index in [1.165, 1.54) is 0 Å². The van der Waals surface area contributed by atoms with E-state index in [1.54, 1.807) is 0 Å². The van der Waals surface area contributed by atoms with Gasteiger partial charge in [0.2, 0.25) is 0 Å². The van der Waals surface area contributed by atoms with Crippen LogP contribution in [-0.2, 0) is 8.89 Å². The third-order valence-corrected chi connectivity index (χ3v) is 2.78. The Kier molecular flexibility index (Phi) is 3.75. The lowest BCUT2D eigenvalue weighted by molar-refractivity contribution is -0.220. The third-order valence-electron chi connectivity index (χ3n) is 2.31. The van der Waals surface area contributed by atoms with Crippen LogP contribution in [0.25, 0.3) is 0 Å². The Morgan fingerprint density at radius 3 is 1.47 bits per heavy atom. The van der Waals surface area contributed by atoms with Crippen LogP contribution in [0.3, 0.4) is 0 Å². The van der Waals surface area contributed by atoms with Crippen molar-refractivity contribution in [1.29, 1.82) is 0 Å². The fourth-order valence-corrected chi connectivity index (χ4v) is 1.96. The van der Waals surface area contributed by atoms with Crippen molar-refractivity contribution in [2.24, 2.45) is 0 Å². The van der Waals surface area contributed by atoms with Crippen molar-refractivity contribution in [1.82, 2.24) is 0 Å². The molecule has 0 heterocycles. The first-order valence-electron chi connectivity index (χ1n) is 4.16. The van der Waals surface area contributed by atoms with Crippen molar-refractivity contribution in [2.75, 3.05) is 0 Å². The van der Waals surface area contributed by atoms with Crippen LogP contribution in [0.1, 0.15) is 0 Å². The maximum Gasteiger partial charge on any atom is 0.765 e. The summed E-state index contributed by atoms with van der Waals surface area (Å²) in [7, 11) is -3.44. The predicted molar refractivity (Wildman–Crippen MR) is 43.6 cm³/mol. The van der Waals surface area contributed by atoms with Gasteiger partial charge in [-0.25, -0.2) is 0 Å². The van der Waals surface area contributed by atoms with Gasteiger partial charge in [0.25, 0.3) is 0 Å². The van der Waals surface area contributed by atoms with Gasteiger partial charge in [-0.05, 0) is 0 Å². The summed E-state index contributed by atoms with van der Waals surface area (Å²) in [5.74, 6) is 0. The van der Waals surface area contributed by atoms with Gasteiger partial charge in [-0.2, -0.15) is 0 Å². The average Bonchev–Trinajstić information content (AvgIpc) is 2.18. The fraction of sp³-hybridized carbons (Fsp3) is 1.00. The van der Waals surface area contributed by atoms with Gasteiger partial charge in [0.15, 0.2) is 0 Å². The number of hydrogen-bond acceptors (Lipinski definition) is 7. The molecule has 0 spiro atoms. The van der Waals surface area contributed by atoms with Crippen LogP contribution in [0.5, 0.6) is 0 Å². The van der Waals surface area contributed by atoms with Gasteiger partial charge < -0.3 is 34.8 Å². The molecule has 0 aromatic heterocycles. The average molecular weight is 240 g/mol. The highest BCUT2D eigenvalue weighted by Crippen LogP contribution is 2.23. The zero-order chi connectivity index (χ0) is 11.7. The zero-order valence-corrected chi connectivity index (χ0v) is 8.46. The molecule has 15 heavy (non-hydrogen) atoms. The predicted octanol–water partition coefficient (Wildman–Crippen LogP) is -4.40. The zero-order valence-electron chi connectivity index (χ0n) is 7.46. The Morgan fingerprint density at radius 2 is 1.13 bits per heavy atom. The SMILES string of the molecule is O=[Si](O)O[C@@H]1[C@@H](O)[C@H](O)[C@@H](O)[C@H](O)[C@@H]1O. The smallest absolute Gasteiger partial charge is 0.511 e. The minimum Gasteiger partial charge on any atom is -0.511 e. The third kappa shape index (κ3) is 2.33. The summed E-state index contributed by atoms with van der Waals surface area (Å²) in [4.78, 5) is 8.45. The molecule has 1 aliphatic rings. The van der Waals surface area contributed by atoms with Gasteiger partial charge in [-0.3, -0.25) is 4.46 Å². The lowest BCUT2D eigenvalue weighted by atomic mass is 9.85. The Labute approximate surface area is 85.9 Å². The largest absolute Gasteiger partial charge is 0.765 e. The van der Waals surface area contributed by atoms with Crippen molar-refractivity contribution in [3.8, 4) is 0 Å². The second-order valence-corrected chi connectivity index (χ2v) is 4.07. The standard InChI is InChI=1S/C6H12O8Si/c7-1-2(8)4(10)6(14-15(12)13)5(11)3(1)9/h1-12H/t1-,2-,3+,4-,5-,6-/m0/s1. The summed E-state index contributed by atoms with van der Waals surface area (Å²) < 4.78 is 14.6. The van der Waals surface area contributed by atoms with Gasteiger partial charge >= 0.3 is 9.17 Å². The van der Waals surface area contributed by atoms with E-state index in [0.29, 0.717) is 0 Å². The highest BCUT2D eigenvalue weighted by atomic mass is 28.3. The minimum absolute atomic E-state index is 1.62. The number of aliphatic hydroxyl groups is 5. The van der Waals surface area contributed by atoms with Crippen LogP contribution in [0.15, 0.2) is 0 Å². The first-order chi connectivity index (χ1) is 6.86. The summed E-state index contributed by atoms with van der Waals surface area (Å²) in [6.07, 6.45) is -10.4. The molecule has 1 saturated carbocycles. The molecule has 8 nitrogen and oxygen atoms in total. The van der Waals surface area contributed by atoms with Crippen LogP contribution in [0, 0.1) is 0 Å². The van der Waals surface area contributed by atoms with Gasteiger partial charge in [-0.1, -0.05) is 0 Å². The fourth-order valence-electron chi connectivity index (χ4n) is 1.45. The molecule has 1 rings (SSSR count). The van der Waals surface area contributed by atoms with E-state index in [-0.39, 0.29) is 0 Å². The minimum atomic E-state index is -3.44. The normalized spacial score (nSPS) is 46.2. The molecule has 6 atom stereocenters. The topological polar surface area (TPSA) is 148 Å². The van der Waals surface area contributed by atoms with E-state index in [0.717, 1.165) is 0 Å². The molecular formula is C6H12O8Si. The molecular weight excluding hydrogens is 228 g/mol. The van der Waals surface area contributed by atoms with Crippen LogP contribution in [-0.4, -0.2) is 76.1 Å². The maximum atomic E-state index is 10.4. The first-order valence-corrected chi connectivity index (χ1v) is 5.42. The molecule has 0 saturated heterocycles. The molecule has 1 fully saturated rings. The quantitative estimate of drug-likeness (QED) is 0.265. The van der Waals surface area contributed by atoms with Crippen molar-refractivity contribution < 1.29 is 39.2 Å². The van der Waals surface area contributed by atoms with E-state index >= 15 is 0 Å². The summed E-state index contributed by atoms with van der Waals surface area (Å²) in [5.41, 5.74) is 0. The van der Waals surface area contributed by atoms with Gasteiger partial charge in [-0.15, -0.1) is 0 Å². The highest BCUT2D eigenvalue weighted by molar-refractivity contribution is 6.24. The number of hydrogen-bond donors (Lipinski definition) is 6. The van der Waals surface area contributed by atoms with E-state index in [2.05, 4.69) is 4.43 Å². The lowest BCUT2D eigenvalue weighted by Gasteiger charge is -2.40. The van der Waals surface area contributed by atoms with Crippen LogP contribution in [0.4, 0.5) is 0 Å². The Balaban J connectivity index is 2.81. The van der Waals surface area contributed by atoms with Gasteiger partial charge in [0.05, 0.1) is 0 Å². The van der Waals surface area contributed by atoms with Crippen LogP contribution >= 0.6 is 0 Å². The summed E-state index contributed by atoms with van der Waals surface area (Å²) in [5, 5.41) is 46.1. The second-order valence-electron chi connectivity index (χ2n) is 3.30. The molecule has 0 aromatic rings. The maximum absolute atomic E-state index is 10.4. The number of aliphatic hydroxyl groups excluding tert-OH is 5. The van der Waals surface area contributed by atoms with Crippen LogP contribution < -0.4 is 0 Å². The van der Waals surface area contributed by atoms with Gasteiger partial charge in [0.1, 0.15) is 36.6 Å². The monoisotopic (exact) mass is 240 g/mol. The van der Waals surface area contributed by atoms with Crippen molar-refractivity contribution >= 4 is 9.17 Å². The van der Waals surface area contributed by atoms with Crippen LogP contribution in [0.2, 0.25) is 0 Å². The molecule has 1 aliphatic carbocycles. The van der Waals surface area contributed by atoms with Crippen molar-refractivity contribution in [3.63, 3.8) is 0 Å². The molecule has 0 unspecified atom stereocenters. The lowest BCUT2D eigenvalue weighted by Crippen LogP contribution is -2.64. The molecule has 0 amide bonds.